The predicted octanol–water partition coefficient (Wildman–Crippen LogP) is 3.62. The van der Waals surface area contributed by atoms with Gasteiger partial charge in [0.1, 0.15) is 26.0 Å². The van der Waals surface area contributed by atoms with Gasteiger partial charge in [-0.3, -0.25) is 10.1 Å². The number of carboxylic acids is 2. The molecular formula is C24H28F2N4O7. The van der Waals surface area contributed by atoms with Crippen LogP contribution in [0, 0.1) is 0 Å². The molecule has 200 valence electrons. The molecule has 0 heterocycles. The highest BCUT2D eigenvalue weighted by Crippen LogP contribution is 2.18. The van der Waals surface area contributed by atoms with Crippen molar-refractivity contribution < 1.29 is 42.9 Å². The maximum Gasteiger partial charge on any atom is 0.411 e. The van der Waals surface area contributed by atoms with Crippen molar-refractivity contribution in [3.63, 3.8) is 0 Å². The number of aliphatic carboxylic acids is 2. The van der Waals surface area contributed by atoms with Crippen molar-refractivity contribution in [2.75, 3.05) is 42.0 Å². The summed E-state index contributed by atoms with van der Waals surface area (Å²) >= 11 is 0. The Morgan fingerprint density at radius 2 is 1.43 bits per heavy atom. The summed E-state index contributed by atoms with van der Waals surface area (Å²) in [6, 6.07) is 10.5. The van der Waals surface area contributed by atoms with E-state index in [1.807, 2.05) is 0 Å². The van der Waals surface area contributed by atoms with E-state index in [9.17, 15) is 28.0 Å². The minimum atomic E-state index is -1.36. The largest absolute Gasteiger partial charge is 0.481 e. The number of carbonyl (C=O) groups excluding carboxylic acids is 2. The summed E-state index contributed by atoms with van der Waals surface area (Å²) in [6.45, 7) is -1.18. The number of hydrogen-bond acceptors (Lipinski definition) is 6. The minimum Gasteiger partial charge on any atom is -0.481 e. The Morgan fingerprint density at radius 1 is 0.865 bits per heavy atom. The third-order valence-electron chi connectivity index (χ3n) is 5.02. The Balaban J connectivity index is 1.81. The molecule has 37 heavy (non-hydrogen) atoms. The number of anilines is 3. The quantitative estimate of drug-likeness (QED) is 0.252. The molecule has 11 nitrogen and oxygen atoms in total. The molecule has 3 amide bonds. The van der Waals surface area contributed by atoms with E-state index >= 15 is 0 Å². The highest BCUT2D eigenvalue weighted by Gasteiger charge is 2.21. The standard InChI is InChI=1S/C24H28F2N4O7/c25-11-13-30(14-12-26)19-7-5-18(6-8-19)28-24(36)37-15-16-1-3-17(4-2-16)27-23(35)29-20(22(33)34)9-10-21(31)32/h1-8,20H,9-15H2,(H,28,36)(H,31,32)(H,33,34)(H2,27,29,35)/t20-/m0/s1. The Labute approximate surface area is 211 Å². The van der Waals surface area contributed by atoms with E-state index in [4.69, 9.17) is 14.9 Å². The lowest BCUT2D eigenvalue weighted by Crippen LogP contribution is -2.43. The fourth-order valence-corrected chi connectivity index (χ4v) is 3.17. The molecule has 0 aromatic heterocycles. The molecule has 1 atom stereocenters. The normalized spacial score (nSPS) is 11.2. The average Bonchev–Trinajstić information content (AvgIpc) is 2.86. The summed E-state index contributed by atoms with van der Waals surface area (Å²) in [5.74, 6) is -2.53. The summed E-state index contributed by atoms with van der Waals surface area (Å²) in [5.41, 5.74) is 2.00. The predicted molar refractivity (Wildman–Crippen MR) is 131 cm³/mol. The second kappa shape index (κ2) is 14.9. The van der Waals surface area contributed by atoms with Gasteiger partial charge in [-0.1, -0.05) is 12.1 Å². The number of hydrogen-bond donors (Lipinski definition) is 5. The number of nitrogens with one attached hydrogen (secondary N) is 3. The summed E-state index contributed by atoms with van der Waals surface area (Å²) < 4.78 is 30.4. The molecule has 2 rings (SSSR count). The van der Waals surface area contributed by atoms with Crippen molar-refractivity contribution in [2.45, 2.75) is 25.5 Å². The maximum atomic E-state index is 12.6. The zero-order valence-electron chi connectivity index (χ0n) is 19.8. The van der Waals surface area contributed by atoms with Gasteiger partial charge in [-0.25, -0.2) is 23.2 Å². The summed E-state index contributed by atoms with van der Waals surface area (Å²) in [6.07, 6.45) is -1.40. The molecule has 0 saturated heterocycles. The van der Waals surface area contributed by atoms with Crippen LogP contribution in [0.4, 0.5) is 35.4 Å². The van der Waals surface area contributed by atoms with Gasteiger partial charge in [0.2, 0.25) is 0 Å². The van der Waals surface area contributed by atoms with Crippen molar-refractivity contribution >= 4 is 41.1 Å². The van der Waals surface area contributed by atoms with Gasteiger partial charge >= 0.3 is 24.1 Å². The van der Waals surface area contributed by atoms with Crippen LogP contribution in [0.1, 0.15) is 18.4 Å². The van der Waals surface area contributed by atoms with Crippen molar-refractivity contribution in [3.05, 3.63) is 54.1 Å². The van der Waals surface area contributed by atoms with Crippen LogP contribution in [-0.4, -0.2) is 66.8 Å². The highest BCUT2D eigenvalue weighted by atomic mass is 19.1. The lowest BCUT2D eigenvalue weighted by atomic mass is 10.1. The number of rotatable bonds is 14. The van der Waals surface area contributed by atoms with Crippen LogP contribution in [0.25, 0.3) is 0 Å². The number of benzene rings is 2. The van der Waals surface area contributed by atoms with Gasteiger partial charge in [0, 0.05) is 36.6 Å². The zero-order chi connectivity index (χ0) is 27.2. The molecule has 0 aliphatic heterocycles. The van der Waals surface area contributed by atoms with Gasteiger partial charge in [0.05, 0.1) is 0 Å². The van der Waals surface area contributed by atoms with Crippen molar-refractivity contribution in [1.82, 2.24) is 5.32 Å². The van der Waals surface area contributed by atoms with Gasteiger partial charge < -0.3 is 30.5 Å². The van der Waals surface area contributed by atoms with Gasteiger partial charge in [-0.15, -0.1) is 0 Å². The molecule has 2 aromatic rings. The van der Waals surface area contributed by atoms with Gasteiger partial charge in [-0.2, -0.15) is 0 Å². The first-order valence-electron chi connectivity index (χ1n) is 11.2. The zero-order valence-corrected chi connectivity index (χ0v) is 19.8. The van der Waals surface area contributed by atoms with E-state index in [1.165, 1.54) is 12.1 Å². The van der Waals surface area contributed by atoms with E-state index in [0.29, 0.717) is 22.6 Å². The smallest absolute Gasteiger partial charge is 0.411 e. The molecule has 0 radical (unpaired) electrons. The van der Waals surface area contributed by atoms with E-state index in [1.54, 1.807) is 41.3 Å². The molecule has 0 unspecified atom stereocenters. The molecule has 2 aromatic carbocycles. The molecule has 5 N–H and O–H groups in total. The fraction of sp³-hybridized carbons (Fsp3) is 0.333. The van der Waals surface area contributed by atoms with E-state index in [0.717, 1.165) is 0 Å². The van der Waals surface area contributed by atoms with Crippen LogP contribution in [0.3, 0.4) is 0 Å². The lowest BCUT2D eigenvalue weighted by Gasteiger charge is -2.22. The first-order valence-corrected chi connectivity index (χ1v) is 11.2. The Hall–Kier alpha value is -4.42. The highest BCUT2D eigenvalue weighted by molar-refractivity contribution is 5.92. The Morgan fingerprint density at radius 3 is 1.97 bits per heavy atom. The molecular weight excluding hydrogens is 494 g/mol. The van der Waals surface area contributed by atoms with Crippen LogP contribution in [0.15, 0.2) is 48.5 Å². The Kier molecular flexibility index (Phi) is 11.6. The van der Waals surface area contributed by atoms with E-state index < -0.39 is 49.9 Å². The minimum absolute atomic E-state index is 0.0629. The number of ether oxygens (including phenoxy) is 1. The molecule has 13 heteroatoms. The van der Waals surface area contributed by atoms with E-state index in [-0.39, 0.29) is 26.1 Å². The number of nitrogens with zero attached hydrogens (tertiary/aromatic N) is 1. The average molecular weight is 523 g/mol. The first-order chi connectivity index (χ1) is 17.7. The summed E-state index contributed by atoms with van der Waals surface area (Å²) in [4.78, 5) is 47.4. The van der Waals surface area contributed by atoms with Crippen LogP contribution in [0.2, 0.25) is 0 Å². The third-order valence-corrected chi connectivity index (χ3v) is 5.02. The summed E-state index contributed by atoms with van der Waals surface area (Å²) in [7, 11) is 0. The monoisotopic (exact) mass is 522 g/mol. The number of halogens is 2. The van der Waals surface area contributed by atoms with Crippen LogP contribution in [0.5, 0.6) is 0 Å². The molecule has 0 saturated carbocycles. The number of amides is 3. The first kappa shape index (κ1) is 28.8. The number of alkyl halides is 2. The van der Waals surface area contributed by atoms with Gasteiger partial charge in [0.25, 0.3) is 0 Å². The lowest BCUT2D eigenvalue weighted by molar-refractivity contribution is -0.140. The molecule has 0 fully saturated rings. The number of carboxylic acid groups (broad SMARTS) is 2. The second-order valence-electron chi connectivity index (χ2n) is 7.73. The SMILES string of the molecule is O=C(O)CC[C@H](NC(=O)Nc1ccc(COC(=O)Nc2ccc(N(CCF)CCF)cc2)cc1)C(=O)O. The van der Waals surface area contributed by atoms with Crippen LogP contribution >= 0.6 is 0 Å². The van der Waals surface area contributed by atoms with Crippen molar-refractivity contribution in [3.8, 4) is 0 Å². The Bertz CT molecular complexity index is 1050. The van der Waals surface area contributed by atoms with Crippen molar-refractivity contribution in [2.24, 2.45) is 0 Å². The third kappa shape index (κ3) is 10.4. The molecule has 0 aliphatic carbocycles. The number of urea groups is 1. The van der Waals surface area contributed by atoms with Gasteiger partial charge in [0.15, 0.2) is 0 Å². The molecule has 0 aliphatic rings. The van der Waals surface area contributed by atoms with Crippen LogP contribution < -0.4 is 20.9 Å². The van der Waals surface area contributed by atoms with E-state index in [2.05, 4.69) is 16.0 Å². The topological polar surface area (TPSA) is 157 Å². The summed E-state index contributed by atoms with van der Waals surface area (Å²) in [5, 5.41) is 25.0. The molecule has 0 spiro atoms. The maximum absolute atomic E-state index is 12.6. The van der Waals surface area contributed by atoms with Crippen LogP contribution in [-0.2, 0) is 20.9 Å². The number of carbonyl (C=O) groups is 4. The van der Waals surface area contributed by atoms with Crippen molar-refractivity contribution in [1.29, 1.82) is 0 Å². The molecule has 0 bridgehead atoms. The second-order valence-corrected chi connectivity index (χ2v) is 7.73. The fourth-order valence-electron chi connectivity index (χ4n) is 3.17. The van der Waals surface area contributed by atoms with Gasteiger partial charge in [-0.05, 0) is 48.4 Å².